The number of hydrogen-bond donors (Lipinski definition) is 1. The molecule has 318 valence electrons. The summed E-state index contributed by atoms with van der Waals surface area (Å²) in [6.45, 7) is 6.90. The molecule has 0 bridgehead atoms. The zero-order valence-corrected chi connectivity index (χ0v) is 34.5. The number of carbonyl (C=O) groups is 5. The summed E-state index contributed by atoms with van der Waals surface area (Å²) < 4.78 is 18.2. The molecule has 4 aliphatic heterocycles. The topological polar surface area (TPSA) is 170 Å². The van der Waals surface area contributed by atoms with Gasteiger partial charge in [0.2, 0.25) is 0 Å². The van der Waals surface area contributed by atoms with Gasteiger partial charge in [0.1, 0.15) is 6.61 Å². The predicted octanol–water partition coefficient (Wildman–Crippen LogP) is 2.28. The highest BCUT2D eigenvalue weighted by Crippen LogP contribution is 2.27. The molecule has 5 heterocycles. The van der Waals surface area contributed by atoms with E-state index in [1.54, 1.807) is 27.8 Å². The number of benzene rings is 2. The van der Waals surface area contributed by atoms with E-state index >= 15 is 0 Å². The fourth-order valence-corrected chi connectivity index (χ4v) is 8.84. The van der Waals surface area contributed by atoms with E-state index in [4.69, 9.17) is 13.9 Å². The van der Waals surface area contributed by atoms with Crippen LogP contribution in [0.5, 0.6) is 0 Å². The van der Waals surface area contributed by atoms with Crippen molar-refractivity contribution in [1.82, 2.24) is 34.0 Å². The Balaban J connectivity index is 0.964. The summed E-state index contributed by atoms with van der Waals surface area (Å²) in [7, 11) is 5.37. The monoisotopic (exact) mass is 816 g/mol. The lowest BCUT2D eigenvalue weighted by Gasteiger charge is -2.43. The largest absolute Gasteiger partial charge is 0.457 e. The van der Waals surface area contributed by atoms with Crippen molar-refractivity contribution in [2.24, 2.45) is 7.05 Å². The quantitative estimate of drug-likeness (QED) is 0.249. The highest BCUT2D eigenvalue weighted by molar-refractivity contribution is 6.32. The predicted molar refractivity (Wildman–Crippen MR) is 218 cm³/mol. The Morgan fingerprint density at radius 2 is 1.54 bits per heavy atom. The van der Waals surface area contributed by atoms with Gasteiger partial charge in [0, 0.05) is 96.7 Å². The summed E-state index contributed by atoms with van der Waals surface area (Å²) in [5, 5.41) is 3.04. The first-order valence-corrected chi connectivity index (χ1v) is 20.7. The molecule has 59 heavy (non-hydrogen) atoms. The Morgan fingerprint density at radius 1 is 0.864 bits per heavy atom. The molecule has 3 saturated heterocycles. The number of carbonyl (C=O) groups excluding carboxylic acids is 5. The Morgan fingerprint density at radius 3 is 2.25 bits per heavy atom. The minimum absolute atomic E-state index is 0.0420. The van der Waals surface area contributed by atoms with E-state index in [9.17, 15) is 28.8 Å². The normalized spacial score (nSPS) is 19.0. The van der Waals surface area contributed by atoms with Crippen LogP contribution in [0, 0.1) is 6.92 Å². The number of anilines is 1. The molecule has 0 saturated carbocycles. The van der Waals surface area contributed by atoms with Crippen LogP contribution in [0.4, 0.5) is 15.3 Å². The third-order valence-electron chi connectivity index (χ3n) is 12.2. The van der Waals surface area contributed by atoms with Crippen LogP contribution in [0.2, 0.25) is 0 Å². The molecule has 4 aliphatic rings. The van der Waals surface area contributed by atoms with E-state index in [1.165, 1.54) is 4.57 Å². The van der Waals surface area contributed by atoms with Crippen LogP contribution < -0.4 is 11.1 Å². The molecule has 0 radical (unpaired) electrons. The van der Waals surface area contributed by atoms with Crippen molar-refractivity contribution >= 4 is 46.7 Å². The SMILES string of the molecule is Cc1cc(C[C@@H](OC(=O)N2CCC(N3CCc4ccccc4NC3=O)CC2)C(=O)N2CCN(C3CCN(C(=O)C(=O)OCCN(C)C)CC3)CC2)cc2oc(=O)n(C)c12. The number of oxazole rings is 1. The molecule has 3 fully saturated rings. The number of likely N-dealkylation sites (N-methyl/N-ethyl adjacent to an activating group) is 1. The van der Waals surface area contributed by atoms with Crippen LogP contribution >= 0.6 is 0 Å². The number of piperidine rings is 2. The standard InChI is InChI=1S/C42H56N8O9/c1-28-25-29(26-34-36(28)45(4)41(55)58-34)27-35(59-42(56)49-16-12-32(13-17-49)50-18-9-30-7-5-6-8-33(30)43-40(50)54)37(51)48-21-19-46(20-22-48)31-10-14-47(15-11-31)38(52)39(53)57-24-23-44(2)3/h5-8,25-26,31-32,35H,9-24,27H2,1-4H3,(H,43,54)/t35-/m1/s1. The van der Waals surface area contributed by atoms with E-state index in [0.29, 0.717) is 108 Å². The number of fused-ring (bicyclic) bond motifs is 2. The minimum Gasteiger partial charge on any atom is -0.457 e. The van der Waals surface area contributed by atoms with Gasteiger partial charge in [0.25, 0.3) is 5.91 Å². The number of rotatable bonds is 9. The summed E-state index contributed by atoms with van der Waals surface area (Å²) in [6, 6.07) is 11.4. The smallest absolute Gasteiger partial charge is 0.419 e. The number of esters is 1. The maximum atomic E-state index is 14.3. The number of nitrogens with zero attached hydrogens (tertiary/aromatic N) is 7. The Hall–Kier alpha value is -5.42. The maximum absolute atomic E-state index is 14.3. The lowest BCUT2D eigenvalue weighted by Crippen LogP contribution is -2.57. The van der Waals surface area contributed by atoms with Crippen LogP contribution in [-0.4, -0.2) is 168 Å². The van der Waals surface area contributed by atoms with E-state index in [-0.39, 0.29) is 37.0 Å². The fourth-order valence-electron chi connectivity index (χ4n) is 8.84. The number of aryl methyl sites for hydroxylation is 2. The summed E-state index contributed by atoms with van der Waals surface area (Å²) in [6.07, 6.45) is 1.69. The van der Waals surface area contributed by atoms with Crippen LogP contribution in [-0.2, 0) is 43.7 Å². The molecule has 5 amide bonds. The van der Waals surface area contributed by atoms with Gasteiger partial charge in [-0.15, -0.1) is 0 Å². The van der Waals surface area contributed by atoms with Gasteiger partial charge in [-0.3, -0.25) is 19.1 Å². The fraction of sp³-hybridized carbons (Fsp3) is 0.571. The summed E-state index contributed by atoms with van der Waals surface area (Å²) in [5.41, 5.74) is 4.48. The molecule has 0 unspecified atom stereocenters. The van der Waals surface area contributed by atoms with Crippen molar-refractivity contribution in [3.63, 3.8) is 0 Å². The number of para-hydroxylation sites is 1. The highest BCUT2D eigenvalue weighted by Gasteiger charge is 2.37. The van der Waals surface area contributed by atoms with E-state index < -0.39 is 29.8 Å². The number of nitrogens with one attached hydrogen (secondary N) is 1. The average Bonchev–Trinajstić information content (AvgIpc) is 3.41. The van der Waals surface area contributed by atoms with Crippen molar-refractivity contribution in [3.05, 3.63) is 63.6 Å². The van der Waals surface area contributed by atoms with Crippen molar-refractivity contribution in [1.29, 1.82) is 0 Å². The Bertz CT molecular complexity index is 2090. The summed E-state index contributed by atoms with van der Waals surface area (Å²) >= 11 is 0. The molecule has 2 aromatic carbocycles. The number of aromatic nitrogens is 1. The highest BCUT2D eigenvalue weighted by atomic mass is 16.6. The minimum atomic E-state index is -1.12. The zero-order valence-electron chi connectivity index (χ0n) is 34.5. The molecule has 1 aromatic heterocycles. The van der Waals surface area contributed by atoms with Crippen LogP contribution in [0.25, 0.3) is 11.1 Å². The zero-order chi connectivity index (χ0) is 41.8. The van der Waals surface area contributed by atoms with Crippen molar-refractivity contribution in [3.8, 4) is 0 Å². The second-order valence-corrected chi connectivity index (χ2v) is 16.3. The molecule has 17 heteroatoms. The van der Waals surface area contributed by atoms with Crippen molar-refractivity contribution in [2.75, 3.05) is 91.5 Å². The molecule has 1 atom stereocenters. The third kappa shape index (κ3) is 9.57. The van der Waals surface area contributed by atoms with Crippen molar-refractivity contribution < 1.29 is 37.9 Å². The molecular formula is C42H56N8O9. The van der Waals surface area contributed by atoms with Gasteiger partial charge in [-0.1, -0.05) is 24.3 Å². The maximum Gasteiger partial charge on any atom is 0.419 e. The molecule has 1 N–H and O–H groups in total. The van der Waals surface area contributed by atoms with E-state index in [0.717, 1.165) is 23.2 Å². The number of urea groups is 1. The second kappa shape index (κ2) is 18.2. The van der Waals surface area contributed by atoms with Crippen LogP contribution in [0.3, 0.4) is 0 Å². The van der Waals surface area contributed by atoms with Gasteiger partial charge in [0.05, 0.1) is 5.52 Å². The number of likely N-dealkylation sites (tertiary alicyclic amines) is 2. The lowest BCUT2D eigenvalue weighted by atomic mass is 10.0. The van der Waals surface area contributed by atoms with Gasteiger partial charge in [-0.2, -0.15) is 0 Å². The first-order valence-electron chi connectivity index (χ1n) is 20.7. The lowest BCUT2D eigenvalue weighted by molar-refractivity contribution is -0.161. The van der Waals surface area contributed by atoms with Gasteiger partial charge < -0.3 is 43.7 Å². The third-order valence-corrected chi connectivity index (χ3v) is 12.2. The molecule has 17 nitrogen and oxygen atoms in total. The first kappa shape index (κ1) is 41.7. The number of amides is 5. The molecule has 3 aromatic rings. The molecular weight excluding hydrogens is 761 g/mol. The van der Waals surface area contributed by atoms with Crippen molar-refractivity contribution in [2.45, 2.75) is 63.6 Å². The first-order chi connectivity index (χ1) is 28.4. The molecule has 7 rings (SSSR count). The molecule has 0 aliphatic carbocycles. The van der Waals surface area contributed by atoms with Crippen LogP contribution in [0.1, 0.15) is 42.4 Å². The molecule has 0 spiro atoms. The van der Waals surface area contributed by atoms with Gasteiger partial charge in [0.15, 0.2) is 11.7 Å². The van der Waals surface area contributed by atoms with Gasteiger partial charge in [-0.05, 0) is 81.9 Å². The van der Waals surface area contributed by atoms with Gasteiger partial charge in [-0.25, -0.2) is 19.2 Å². The summed E-state index contributed by atoms with van der Waals surface area (Å²) in [4.78, 5) is 89.6. The van der Waals surface area contributed by atoms with E-state index in [1.807, 2.05) is 61.2 Å². The Kier molecular flexibility index (Phi) is 12.9. The Labute approximate surface area is 343 Å². The van der Waals surface area contributed by atoms with E-state index in [2.05, 4.69) is 10.2 Å². The second-order valence-electron chi connectivity index (χ2n) is 16.3. The average molecular weight is 817 g/mol. The number of hydrogen-bond acceptors (Lipinski definition) is 11. The number of ether oxygens (including phenoxy) is 2. The number of piperazine rings is 1. The summed E-state index contributed by atoms with van der Waals surface area (Å²) in [5.74, 6) is -2.22. The van der Waals surface area contributed by atoms with Crippen LogP contribution in [0.15, 0.2) is 45.6 Å². The van der Waals surface area contributed by atoms with Gasteiger partial charge >= 0.3 is 29.8 Å².